The van der Waals surface area contributed by atoms with Crippen molar-refractivity contribution in [2.75, 3.05) is 5.32 Å². The van der Waals surface area contributed by atoms with Gasteiger partial charge in [0.05, 0.1) is 4.92 Å². The first-order chi connectivity index (χ1) is 8.45. The van der Waals surface area contributed by atoms with Crippen LogP contribution in [-0.2, 0) is 0 Å². The molecule has 1 atom stereocenters. The molecule has 0 heterocycles. The smallest absolute Gasteiger partial charge is 0.309 e. The third kappa shape index (κ3) is 3.45. The largest absolute Gasteiger partial charge is 0.377 e. The van der Waals surface area contributed by atoms with Crippen LogP contribution in [0.2, 0.25) is 0 Å². The van der Waals surface area contributed by atoms with Crippen molar-refractivity contribution < 1.29 is 4.92 Å². The Labute approximate surface area is 107 Å². The lowest BCUT2D eigenvalue weighted by molar-refractivity contribution is -0.384. The Morgan fingerprint density at radius 2 is 2.11 bits per heavy atom. The van der Waals surface area contributed by atoms with Gasteiger partial charge in [0.1, 0.15) is 17.3 Å². The number of nitro benzene ring substituents is 1. The van der Waals surface area contributed by atoms with Gasteiger partial charge in [-0.2, -0.15) is 5.26 Å². The standard InChI is InChI=1S/C13H17N3O2/c1-9(2)7-10(3)15-12-6-4-5-11(8-14)13(12)16(17)18/h4-6,9-10,15H,7H2,1-3H3. The van der Waals surface area contributed by atoms with Crippen LogP contribution in [0.1, 0.15) is 32.8 Å². The summed E-state index contributed by atoms with van der Waals surface area (Å²) < 4.78 is 0. The van der Waals surface area contributed by atoms with E-state index in [1.54, 1.807) is 12.1 Å². The lowest BCUT2D eigenvalue weighted by Crippen LogP contribution is -2.18. The van der Waals surface area contributed by atoms with Crippen molar-refractivity contribution in [3.63, 3.8) is 0 Å². The molecule has 1 aromatic carbocycles. The topological polar surface area (TPSA) is 79.0 Å². The van der Waals surface area contributed by atoms with E-state index in [0.29, 0.717) is 11.6 Å². The molecule has 0 aliphatic heterocycles. The predicted molar refractivity (Wildman–Crippen MR) is 70.4 cm³/mol. The van der Waals surface area contributed by atoms with Crippen molar-refractivity contribution in [1.29, 1.82) is 5.26 Å². The summed E-state index contributed by atoms with van der Waals surface area (Å²) >= 11 is 0. The normalized spacial score (nSPS) is 11.9. The molecule has 18 heavy (non-hydrogen) atoms. The fraction of sp³-hybridized carbons (Fsp3) is 0.462. The second kappa shape index (κ2) is 6.01. The molecule has 0 saturated heterocycles. The molecular weight excluding hydrogens is 230 g/mol. The number of anilines is 1. The molecule has 0 aliphatic carbocycles. The van der Waals surface area contributed by atoms with Gasteiger partial charge in [0.25, 0.3) is 0 Å². The number of hydrogen-bond donors (Lipinski definition) is 1. The van der Waals surface area contributed by atoms with Crippen molar-refractivity contribution in [3.05, 3.63) is 33.9 Å². The van der Waals surface area contributed by atoms with Gasteiger partial charge in [0, 0.05) is 6.04 Å². The zero-order valence-electron chi connectivity index (χ0n) is 10.8. The first kappa shape index (κ1) is 14.0. The van der Waals surface area contributed by atoms with Crippen LogP contribution in [0, 0.1) is 27.4 Å². The Morgan fingerprint density at radius 1 is 1.44 bits per heavy atom. The van der Waals surface area contributed by atoms with Gasteiger partial charge in [-0.25, -0.2) is 0 Å². The predicted octanol–water partition coefficient (Wildman–Crippen LogP) is 3.31. The van der Waals surface area contributed by atoms with E-state index < -0.39 is 4.92 Å². The minimum Gasteiger partial charge on any atom is -0.377 e. The molecule has 1 N–H and O–H groups in total. The molecule has 0 saturated carbocycles. The maximum absolute atomic E-state index is 11.0. The van der Waals surface area contributed by atoms with E-state index in [-0.39, 0.29) is 17.3 Å². The fourth-order valence-electron chi connectivity index (χ4n) is 1.98. The number of benzene rings is 1. The molecule has 0 amide bonds. The third-order valence-corrected chi connectivity index (χ3v) is 2.57. The highest BCUT2D eigenvalue weighted by Gasteiger charge is 2.20. The molecule has 1 aromatic rings. The number of hydrogen-bond acceptors (Lipinski definition) is 4. The van der Waals surface area contributed by atoms with Crippen molar-refractivity contribution in [3.8, 4) is 6.07 Å². The molecule has 5 nitrogen and oxygen atoms in total. The lowest BCUT2D eigenvalue weighted by Gasteiger charge is -2.17. The van der Waals surface area contributed by atoms with Crippen LogP contribution in [0.25, 0.3) is 0 Å². The molecule has 1 rings (SSSR count). The van der Waals surface area contributed by atoms with E-state index in [1.807, 2.05) is 13.0 Å². The minimum atomic E-state index is -0.511. The summed E-state index contributed by atoms with van der Waals surface area (Å²) in [5, 5.41) is 23.0. The van der Waals surface area contributed by atoms with Crippen molar-refractivity contribution in [2.45, 2.75) is 33.2 Å². The highest BCUT2D eigenvalue weighted by molar-refractivity contribution is 5.68. The van der Waals surface area contributed by atoms with Crippen molar-refractivity contribution in [1.82, 2.24) is 0 Å². The van der Waals surface area contributed by atoms with Gasteiger partial charge in [-0.15, -0.1) is 0 Å². The monoisotopic (exact) mass is 247 g/mol. The summed E-state index contributed by atoms with van der Waals surface area (Å²) in [6.45, 7) is 6.17. The number of nitrogens with one attached hydrogen (secondary N) is 1. The molecule has 0 aromatic heterocycles. The van der Waals surface area contributed by atoms with Crippen LogP contribution in [0.15, 0.2) is 18.2 Å². The first-order valence-electron chi connectivity index (χ1n) is 5.89. The fourth-order valence-corrected chi connectivity index (χ4v) is 1.98. The van der Waals surface area contributed by atoms with E-state index in [9.17, 15) is 10.1 Å². The SMILES string of the molecule is CC(C)CC(C)Nc1cccc(C#N)c1[N+](=O)[O-]. The summed E-state index contributed by atoms with van der Waals surface area (Å²) in [6.07, 6.45) is 0.911. The number of nitriles is 1. The Hall–Kier alpha value is -2.09. The van der Waals surface area contributed by atoms with Gasteiger partial charge in [-0.05, 0) is 31.4 Å². The van der Waals surface area contributed by atoms with Crippen LogP contribution in [0.4, 0.5) is 11.4 Å². The van der Waals surface area contributed by atoms with Gasteiger partial charge < -0.3 is 5.32 Å². The van der Waals surface area contributed by atoms with E-state index in [1.165, 1.54) is 6.07 Å². The van der Waals surface area contributed by atoms with E-state index >= 15 is 0 Å². The number of rotatable bonds is 5. The molecule has 0 radical (unpaired) electrons. The van der Waals surface area contributed by atoms with Crippen LogP contribution in [0.3, 0.4) is 0 Å². The van der Waals surface area contributed by atoms with Crippen LogP contribution in [0.5, 0.6) is 0 Å². The van der Waals surface area contributed by atoms with Gasteiger partial charge in [0.2, 0.25) is 0 Å². The Morgan fingerprint density at radius 3 is 2.61 bits per heavy atom. The second-order valence-corrected chi connectivity index (χ2v) is 4.75. The lowest BCUT2D eigenvalue weighted by atomic mass is 10.0. The van der Waals surface area contributed by atoms with Crippen LogP contribution < -0.4 is 5.32 Å². The average Bonchev–Trinajstić information content (AvgIpc) is 2.26. The van der Waals surface area contributed by atoms with E-state index in [2.05, 4.69) is 19.2 Å². The van der Waals surface area contributed by atoms with E-state index in [0.717, 1.165) is 6.42 Å². The minimum absolute atomic E-state index is 0.0850. The highest BCUT2D eigenvalue weighted by Crippen LogP contribution is 2.29. The molecule has 96 valence electrons. The van der Waals surface area contributed by atoms with Crippen molar-refractivity contribution >= 4 is 11.4 Å². The van der Waals surface area contributed by atoms with Gasteiger partial charge in [-0.1, -0.05) is 19.9 Å². The molecular formula is C13H17N3O2. The summed E-state index contributed by atoms with van der Waals surface area (Å²) in [6, 6.07) is 6.71. The number of para-hydroxylation sites is 1. The molecule has 0 bridgehead atoms. The Balaban J connectivity index is 3.02. The quantitative estimate of drug-likeness (QED) is 0.639. The number of nitrogens with zero attached hydrogens (tertiary/aromatic N) is 2. The molecule has 5 heteroatoms. The van der Waals surface area contributed by atoms with Gasteiger partial charge in [-0.3, -0.25) is 10.1 Å². The molecule has 1 unspecified atom stereocenters. The average molecular weight is 247 g/mol. The number of nitro groups is 1. The van der Waals surface area contributed by atoms with Crippen LogP contribution in [-0.4, -0.2) is 11.0 Å². The first-order valence-corrected chi connectivity index (χ1v) is 5.89. The maximum atomic E-state index is 11.0. The molecule has 0 spiro atoms. The van der Waals surface area contributed by atoms with Gasteiger partial charge in [0.15, 0.2) is 0 Å². The summed E-state index contributed by atoms with van der Waals surface area (Å²) in [5.74, 6) is 0.505. The third-order valence-electron chi connectivity index (χ3n) is 2.57. The molecule has 0 fully saturated rings. The maximum Gasteiger partial charge on any atom is 0.309 e. The van der Waals surface area contributed by atoms with Crippen molar-refractivity contribution in [2.24, 2.45) is 5.92 Å². The van der Waals surface area contributed by atoms with E-state index in [4.69, 9.17) is 5.26 Å². The Kier molecular flexibility index (Phi) is 4.67. The highest BCUT2D eigenvalue weighted by atomic mass is 16.6. The second-order valence-electron chi connectivity index (χ2n) is 4.75. The van der Waals surface area contributed by atoms with Crippen LogP contribution >= 0.6 is 0 Å². The Bertz CT molecular complexity index is 478. The zero-order valence-corrected chi connectivity index (χ0v) is 10.8. The summed E-state index contributed by atoms with van der Waals surface area (Å²) in [4.78, 5) is 10.5. The molecule has 0 aliphatic rings. The summed E-state index contributed by atoms with van der Waals surface area (Å²) in [5.41, 5.74) is 0.351. The summed E-state index contributed by atoms with van der Waals surface area (Å²) in [7, 11) is 0. The van der Waals surface area contributed by atoms with Gasteiger partial charge >= 0.3 is 5.69 Å². The zero-order chi connectivity index (χ0) is 13.7.